The van der Waals surface area contributed by atoms with Crippen molar-refractivity contribution in [2.45, 2.75) is 32.9 Å². The first-order chi connectivity index (χ1) is 9.60. The summed E-state index contributed by atoms with van der Waals surface area (Å²) in [6.07, 6.45) is 1.56. The summed E-state index contributed by atoms with van der Waals surface area (Å²) in [4.78, 5) is 4.24. The van der Waals surface area contributed by atoms with E-state index < -0.39 is 0 Å². The van der Waals surface area contributed by atoms with Crippen molar-refractivity contribution < 1.29 is 4.74 Å². The van der Waals surface area contributed by atoms with Gasteiger partial charge in [-0.25, -0.2) is 9.67 Å². The maximum atomic E-state index is 5.93. The lowest BCUT2D eigenvalue weighted by Crippen LogP contribution is -2.12. The molecule has 20 heavy (non-hydrogen) atoms. The van der Waals surface area contributed by atoms with Gasteiger partial charge in [0.15, 0.2) is 5.82 Å². The maximum absolute atomic E-state index is 5.93. The first-order valence-corrected chi connectivity index (χ1v) is 7.76. The van der Waals surface area contributed by atoms with Crippen LogP contribution < -0.4 is 4.74 Å². The Kier molecular flexibility index (Phi) is 5.43. The summed E-state index contributed by atoms with van der Waals surface area (Å²) in [7, 11) is 0. The lowest BCUT2D eigenvalue weighted by atomic mass is 10.2. The predicted octanol–water partition coefficient (Wildman–Crippen LogP) is 4.01. The van der Waals surface area contributed by atoms with Crippen LogP contribution in [0.25, 0.3) is 0 Å². The molecule has 1 aromatic carbocycles. The molecule has 0 saturated carbocycles. The molecule has 0 aliphatic heterocycles. The van der Waals surface area contributed by atoms with Crippen LogP contribution in [0.1, 0.15) is 25.2 Å². The highest BCUT2D eigenvalue weighted by atomic mass is 79.9. The molecule has 4 nitrogen and oxygen atoms in total. The molecule has 108 valence electrons. The third-order valence-electron chi connectivity index (χ3n) is 2.76. The first-order valence-electron chi connectivity index (χ1n) is 6.44. The third-order valence-corrected chi connectivity index (χ3v) is 3.54. The second-order valence-electron chi connectivity index (χ2n) is 4.93. The van der Waals surface area contributed by atoms with Gasteiger partial charge < -0.3 is 4.74 Å². The van der Waals surface area contributed by atoms with Crippen LogP contribution in [-0.2, 0) is 19.0 Å². The van der Waals surface area contributed by atoms with Crippen molar-refractivity contribution in [3.05, 3.63) is 40.4 Å². The molecular formula is C14H17BrClN3O. The number of rotatable bonds is 6. The highest BCUT2D eigenvalue weighted by Gasteiger charge is 2.09. The van der Waals surface area contributed by atoms with Crippen molar-refractivity contribution in [1.29, 1.82) is 0 Å². The molecule has 0 radical (unpaired) electrons. The average Bonchev–Trinajstić information content (AvgIpc) is 2.83. The summed E-state index contributed by atoms with van der Waals surface area (Å²) in [6, 6.07) is 5.80. The van der Waals surface area contributed by atoms with E-state index in [2.05, 4.69) is 39.9 Å². The zero-order chi connectivity index (χ0) is 14.5. The van der Waals surface area contributed by atoms with Crippen LogP contribution in [0.15, 0.2) is 29.0 Å². The normalized spacial score (nSPS) is 11.1. The molecule has 0 amide bonds. The number of aromatic nitrogens is 3. The molecular weight excluding hydrogens is 342 g/mol. The van der Waals surface area contributed by atoms with Crippen LogP contribution in [0.5, 0.6) is 5.75 Å². The Morgan fingerprint density at radius 3 is 2.90 bits per heavy atom. The molecule has 0 aliphatic carbocycles. The molecule has 0 bridgehead atoms. The smallest absolute Gasteiger partial charge is 0.164 e. The maximum Gasteiger partial charge on any atom is 0.164 e. The minimum Gasteiger partial charge on any atom is -0.485 e. The number of ether oxygens (including phenoxy) is 1. The highest BCUT2D eigenvalue weighted by Crippen LogP contribution is 2.25. The minimum atomic E-state index is 0.387. The largest absolute Gasteiger partial charge is 0.485 e. The fourth-order valence-corrected chi connectivity index (χ4v) is 2.45. The van der Waals surface area contributed by atoms with Crippen molar-refractivity contribution in [2.24, 2.45) is 5.92 Å². The van der Waals surface area contributed by atoms with Crippen LogP contribution in [0.4, 0.5) is 0 Å². The van der Waals surface area contributed by atoms with E-state index >= 15 is 0 Å². The molecule has 0 spiro atoms. The number of hydrogen-bond acceptors (Lipinski definition) is 3. The summed E-state index contributed by atoms with van der Waals surface area (Å²) < 4.78 is 8.69. The monoisotopic (exact) mass is 357 g/mol. The van der Waals surface area contributed by atoms with Gasteiger partial charge in [0.1, 0.15) is 18.7 Å². The Morgan fingerprint density at radius 2 is 2.20 bits per heavy atom. The number of hydrogen-bond donors (Lipinski definition) is 0. The quantitative estimate of drug-likeness (QED) is 0.732. The molecule has 0 fully saturated rings. The number of alkyl halides is 1. The van der Waals surface area contributed by atoms with Gasteiger partial charge in [0.2, 0.25) is 0 Å². The average molecular weight is 359 g/mol. The summed E-state index contributed by atoms with van der Waals surface area (Å²) in [5.41, 5.74) is 0.955. The van der Waals surface area contributed by atoms with E-state index in [9.17, 15) is 0 Å². The topological polar surface area (TPSA) is 39.9 Å². The summed E-state index contributed by atoms with van der Waals surface area (Å²) >= 11 is 9.36. The van der Waals surface area contributed by atoms with Crippen LogP contribution in [0, 0.1) is 5.92 Å². The molecule has 0 saturated heterocycles. The molecule has 0 aliphatic rings. The Hall–Kier alpha value is -1.07. The highest BCUT2D eigenvalue weighted by molar-refractivity contribution is 9.10. The predicted molar refractivity (Wildman–Crippen MR) is 82.9 cm³/mol. The number of nitrogens with zero attached hydrogens (tertiary/aromatic N) is 3. The first kappa shape index (κ1) is 15.3. The van der Waals surface area contributed by atoms with E-state index in [0.29, 0.717) is 18.4 Å². The van der Waals surface area contributed by atoms with Gasteiger partial charge in [-0.05, 0) is 24.1 Å². The van der Waals surface area contributed by atoms with E-state index in [4.69, 9.17) is 16.3 Å². The Bertz CT molecular complexity index is 571. The van der Waals surface area contributed by atoms with Crippen LogP contribution in [-0.4, -0.2) is 14.8 Å². The minimum absolute atomic E-state index is 0.387. The fourth-order valence-electron chi connectivity index (χ4n) is 1.83. The molecule has 2 aromatic rings. The lowest BCUT2D eigenvalue weighted by Gasteiger charge is -2.12. The van der Waals surface area contributed by atoms with E-state index in [1.54, 1.807) is 6.33 Å². The van der Waals surface area contributed by atoms with E-state index in [-0.39, 0.29) is 0 Å². The summed E-state index contributed by atoms with van der Waals surface area (Å²) in [5, 5.41) is 4.22. The number of benzene rings is 1. The molecule has 2 rings (SSSR count). The van der Waals surface area contributed by atoms with Crippen molar-refractivity contribution in [3.63, 3.8) is 0 Å². The molecule has 0 atom stereocenters. The van der Waals surface area contributed by atoms with E-state index in [1.807, 2.05) is 22.9 Å². The van der Waals surface area contributed by atoms with Crippen molar-refractivity contribution >= 4 is 27.5 Å². The fraction of sp³-hybridized carbons (Fsp3) is 0.429. The van der Waals surface area contributed by atoms with Gasteiger partial charge in [-0.15, -0.1) is 11.6 Å². The second-order valence-corrected chi connectivity index (χ2v) is 6.11. The van der Waals surface area contributed by atoms with Crippen LogP contribution >= 0.6 is 27.5 Å². The van der Waals surface area contributed by atoms with Gasteiger partial charge in [-0.2, -0.15) is 5.10 Å². The molecule has 6 heteroatoms. The van der Waals surface area contributed by atoms with Crippen molar-refractivity contribution in [1.82, 2.24) is 14.8 Å². The Balaban J connectivity index is 2.07. The van der Waals surface area contributed by atoms with Crippen LogP contribution in [0.2, 0.25) is 0 Å². The summed E-state index contributed by atoms with van der Waals surface area (Å²) in [6.45, 7) is 5.51. The van der Waals surface area contributed by atoms with Gasteiger partial charge in [0, 0.05) is 16.6 Å². The SMILES string of the molecule is CC(C)Cn1ncnc1COc1ccc(Br)cc1CCl. The Labute approximate surface area is 132 Å². The van der Waals surface area contributed by atoms with Gasteiger partial charge in [-0.3, -0.25) is 0 Å². The third kappa shape index (κ3) is 3.96. The van der Waals surface area contributed by atoms with E-state index in [1.165, 1.54) is 0 Å². The van der Waals surface area contributed by atoms with E-state index in [0.717, 1.165) is 28.2 Å². The number of halogens is 2. The lowest BCUT2D eigenvalue weighted by molar-refractivity contribution is 0.280. The zero-order valence-electron chi connectivity index (χ0n) is 11.5. The van der Waals surface area contributed by atoms with Crippen molar-refractivity contribution in [3.8, 4) is 5.75 Å². The standard InChI is InChI=1S/C14H17BrClN3O/c1-10(2)7-19-14(17-9-18-19)8-20-13-4-3-12(15)5-11(13)6-16/h3-5,9-10H,6-8H2,1-2H3. The molecule has 1 aromatic heterocycles. The second kappa shape index (κ2) is 7.09. The van der Waals surface area contributed by atoms with Gasteiger partial charge >= 0.3 is 0 Å². The van der Waals surface area contributed by atoms with Crippen LogP contribution in [0.3, 0.4) is 0 Å². The summed E-state index contributed by atoms with van der Waals surface area (Å²) in [5.74, 6) is 2.53. The molecule has 0 unspecified atom stereocenters. The molecule has 0 N–H and O–H groups in total. The van der Waals surface area contributed by atoms with Gasteiger partial charge in [0.05, 0.1) is 5.88 Å². The molecule has 1 heterocycles. The Morgan fingerprint density at radius 1 is 1.40 bits per heavy atom. The zero-order valence-corrected chi connectivity index (χ0v) is 13.9. The van der Waals surface area contributed by atoms with Gasteiger partial charge in [-0.1, -0.05) is 29.8 Å². The van der Waals surface area contributed by atoms with Gasteiger partial charge in [0.25, 0.3) is 0 Å². The van der Waals surface area contributed by atoms with Crippen molar-refractivity contribution in [2.75, 3.05) is 0 Å².